The number of fused-ring (bicyclic) bond motifs is 1. The highest BCUT2D eigenvalue weighted by atomic mass is 19.1. The van der Waals surface area contributed by atoms with E-state index in [1.54, 1.807) is 23.2 Å². The predicted octanol–water partition coefficient (Wildman–Crippen LogP) is 4.58. The summed E-state index contributed by atoms with van der Waals surface area (Å²) >= 11 is 0. The first kappa shape index (κ1) is 27.0. The van der Waals surface area contributed by atoms with Crippen LogP contribution in [0.4, 0.5) is 10.2 Å². The Labute approximate surface area is 240 Å². The molecular formula is C31H28FN7O3. The average Bonchev–Trinajstić information content (AvgIpc) is 3.68. The molecule has 2 aromatic carbocycles. The van der Waals surface area contributed by atoms with Crippen molar-refractivity contribution >= 4 is 34.3 Å². The van der Waals surface area contributed by atoms with Gasteiger partial charge in [0.15, 0.2) is 11.6 Å². The number of alkyl halides is 1. The number of halogens is 1. The fourth-order valence-corrected chi connectivity index (χ4v) is 5.57. The highest BCUT2D eigenvalue weighted by Crippen LogP contribution is 2.31. The summed E-state index contributed by atoms with van der Waals surface area (Å²) in [6, 6.07) is 15.9. The van der Waals surface area contributed by atoms with Gasteiger partial charge in [-0.2, -0.15) is 15.3 Å². The molecule has 4 heterocycles. The summed E-state index contributed by atoms with van der Waals surface area (Å²) in [5.41, 5.74) is 5.19. The van der Waals surface area contributed by atoms with Crippen molar-refractivity contribution in [1.82, 2.24) is 29.9 Å². The van der Waals surface area contributed by atoms with Gasteiger partial charge in [-0.25, -0.2) is 4.39 Å². The Bertz CT molecular complexity index is 1800. The first-order chi connectivity index (χ1) is 20.3. The van der Waals surface area contributed by atoms with Crippen LogP contribution in [0.1, 0.15) is 29.4 Å². The van der Waals surface area contributed by atoms with E-state index in [0.717, 1.165) is 27.9 Å². The molecule has 1 aliphatic heterocycles. The number of hydrogen-bond donors (Lipinski definition) is 2. The Morgan fingerprint density at radius 1 is 1.05 bits per heavy atom. The van der Waals surface area contributed by atoms with E-state index in [1.165, 1.54) is 11.8 Å². The predicted molar refractivity (Wildman–Crippen MR) is 155 cm³/mol. The van der Waals surface area contributed by atoms with Crippen molar-refractivity contribution in [3.05, 3.63) is 84.4 Å². The zero-order valence-corrected chi connectivity index (χ0v) is 23.0. The van der Waals surface area contributed by atoms with E-state index < -0.39 is 24.0 Å². The topological polar surface area (TPSA) is 126 Å². The first-order valence-corrected chi connectivity index (χ1v) is 13.6. The minimum atomic E-state index is -1.34. The van der Waals surface area contributed by atoms with Crippen LogP contribution in [0.2, 0.25) is 0 Å². The van der Waals surface area contributed by atoms with Crippen LogP contribution in [-0.4, -0.2) is 66.2 Å². The molecule has 2 amide bonds. The van der Waals surface area contributed by atoms with E-state index in [2.05, 4.69) is 25.7 Å². The third-order valence-electron chi connectivity index (χ3n) is 7.61. The van der Waals surface area contributed by atoms with Gasteiger partial charge in [-0.3, -0.25) is 19.5 Å². The van der Waals surface area contributed by atoms with Crippen molar-refractivity contribution < 1.29 is 18.8 Å². The van der Waals surface area contributed by atoms with Crippen LogP contribution >= 0.6 is 0 Å². The van der Waals surface area contributed by atoms with E-state index in [0.29, 0.717) is 22.3 Å². The summed E-state index contributed by atoms with van der Waals surface area (Å²) in [6.07, 6.45) is 3.40. The number of carbonyl (C=O) groups is 3. The lowest BCUT2D eigenvalue weighted by Crippen LogP contribution is -2.44. The lowest BCUT2D eigenvalue weighted by Gasteiger charge is -2.24. The average molecular weight is 566 g/mol. The van der Waals surface area contributed by atoms with Gasteiger partial charge in [0.1, 0.15) is 18.8 Å². The summed E-state index contributed by atoms with van der Waals surface area (Å²) in [5.74, 6) is -0.765. The van der Waals surface area contributed by atoms with E-state index >= 15 is 0 Å². The summed E-state index contributed by atoms with van der Waals surface area (Å²) < 4.78 is 16.4. The number of aromatic amines is 1. The van der Waals surface area contributed by atoms with Crippen molar-refractivity contribution in [2.45, 2.75) is 39.0 Å². The molecular weight excluding hydrogens is 537 g/mol. The van der Waals surface area contributed by atoms with E-state index in [9.17, 15) is 18.8 Å². The standard InChI is InChI=1S/C31H28FN7O3/c1-18-29(20-6-4-3-5-7-20)30(37-36-18)35-31(42)27-13-23(32)15-39(27)28(41)17-38-16-25(19(2)40)24-12-21(8-9-26(24)38)22-10-11-33-34-14-22/h3-12,14,16,23,27H,13,15,17H2,1-2H3,(H2,35,36,37,42)/t23-,27+/m1/s1. The van der Waals surface area contributed by atoms with Crippen LogP contribution in [0, 0.1) is 6.92 Å². The SMILES string of the molecule is CC(=O)c1cn(CC(=O)N2C[C@H](F)C[C@H]2C(=O)Nc2n[nH]c(C)c2-c2ccccc2)c2ccc(-c3ccnnc3)cc12. The van der Waals surface area contributed by atoms with Crippen LogP contribution in [-0.2, 0) is 16.1 Å². The van der Waals surface area contributed by atoms with Gasteiger partial charge in [-0.1, -0.05) is 36.4 Å². The molecule has 5 aromatic rings. The van der Waals surface area contributed by atoms with Gasteiger partial charge in [0.2, 0.25) is 11.8 Å². The number of Topliss-reactive ketones (excluding diaryl/α,β-unsaturated/α-hetero) is 1. The molecule has 6 rings (SSSR count). The number of H-pyrrole nitrogens is 1. The highest BCUT2D eigenvalue weighted by Gasteiger charge is 2.40. The van der Waals surface area contributed by atoms with Crippen molar-refractivity contribution in [3.8, 4) is 22.3 Å². The molecule has 0 saturated carbocycles. The maximum atomic E-state index is 14.7. The van der Waals surface area contributed by atoms with Gasteiger partial charge in [-0.05, 0) is 43.2 Å². The lowest BCUT2D eigenvalue weighted by atomic mass is 10.0. The molecule has 1 fully saturated rings. The quantitative estimate of drug-likeness (QED) is 0.278. The van der Waals surface area contributed by atoms with E-state index in [-0.39, 0.29) is 25.3 Å². The fraction of sp³-hybridized carbons (Fsp3) is 0.226. The number of hydrogen-bond acceptors (Lipinski definition) is 6. The molecule has 0 spiro atoms. The third kappa shape index (κ3) is 5.05. The van der Waals surface area contributed by atoms with Crippen molar-refractivity contribution in [2.75, 3.05) is 11.9 Å². The molecule has 0 unspecified atom stereocenters. The Balaban J connectivity index is 1.25. The fourth-order valence-electron chi connectivity index (χ4n) is 5.57. The van der Waals surface area contributed by atoms with E-state index in [1.807, 2.05) is 61.5 Å². The molecule has 11 heteroatoms. The lowest BCUT2D eigenvalue weighted by molar-refractivity contribution is -0.137. The number of ketones is 1. The Hall–Kier alpha value is -5.19. The number of benzene rings is 2. The maximum absolute atomic E-state index is 14.7. The second kappa shape index (κ2) is 11.0. The smallest absolute Gasteiger partial charge is 0.248 e. The number of aromatic nitrogens is 5. The monoisotopic (exact) mass is 565 g/mol. The van der Waals surface area contributed by atoms with Gasteiger partial charge >= 0.3 is 0 Å². The van der Waals surface area contributed by atoms with Gasteiger partial charge in [0.05, 0.1) is 18.9 Å². The summed E-state index contributed by atoms with van der Waals surface area (Å²) in [7, 11) is 0. The molecule has 0 aliphatic carbocycles. The van der Waals surface area contributed by atoms with Crippen LogP contribution in [0.25, 0.3) is 33.2 Å². The first-order valence-electron chi connectivity index (χ1n) is 13.6. The number of carbonyl (C=O) groups excluding carboxylic acids is 3. The molecule has 1 aliphatic rings. The van der Waals surface area contributed by atoms with Crippen LogP contribution in [0.3, 0.4) is 0 Å². The number of likely N-dealkylation sites (tertiary alicyclic amines) is 1. The minimum Gasteiger partial charge on any atom is -0.337 e. The Morgan fingerprint density at radius 2 is 1.86 bits per heavy atom. The molecule has 10 nitrogen and oxygen atoms in total. The summed E-state index contributed by atoms with van der Waals surface area (Å²) in [4.78, 5) is 40.8. The second-order valence-corrected chi connectivity index (χ2v) is 10.4. The van der Waals surface area contributed by atoms with Crippen molar-refractivity contribution in [3.63, 3.8) is 0 Å². The van der Waals surface area contributed by atoms with Crippen molar-refractivity contribution in [1.29, 1.82) is 0 Å². The highest BCUT2D eigenvalue weighted by molar-refractivity contribution is 6.08. The van der Waals surface area contributed by atoms with Gasteiger partial charge < -0.3 is 14.8 Å². The van der Waals surface area contributed by atoms with Crippen LogP contribution in [0.15, 0.2) is 73.2 Å². The molecule has 42 heavy (non-hydrogen) atoms. The number of amides is 2. The summed E-state index contributed by atoms with van der Waals surface area (Å²) in [6.45, 7) is 2.96. The largest absolute Gasteiger partial charge is 0.337 e. The number of nitrogens with zero attached hydrogens (tertiary/aromatic N) is 5. The third-order valence-corrected chi connectivity index (χ3v) is 7.61. The zero-order valence-electron chi connectivity index (χ0n) is 23.0. The Morgan fingerprint density at radius 3 is 2.60 bits per heavy atom. The molecule has 3 aromatic heterocycles. The van der Waals surface area contributed by atoms with Gasteiger partial charge in [0, 0.05) is 45.9 Å². The maximum Gasteiger partial charge on any atom is 0.248 e. The molecule has 0 bridgehead atoms. The molecule has 1 saturated heterocycles. The number of nitrogens with one attached hydrogen (secondary N) is 2. The summed E-state index contributed by atoms with van der Waals surface area (Å²) in [5, 5.41) is 18.4. The molecule has 2 atom stereocenters. The number of anilines is 1. The zero-order chi connectivity index (χ0) is 29.4. The number of aryl methyl sites for hydroxylation is 1. The molecule has 212 valence electrons. The van der Waals surface area contributed by atoms with Crippen molar-refractivity contribution in [2.24, 2.45) is 0 Å². The normalized spacial score (nSPS) is 16.6. The Kier molecular flexibility index (Phi) is 7.07. The van der Waals surface area contributed by atoms with Gasteiger partial charge in [0.25, 0.3) is 0 Å². The number of rotatable bonds is 7. The molecule has 2 N–H and O–H groups in total. The minimum absolute atomic E-state index is 0.115. The van der Waals surface area contributed by atoms with Crippen LogP contribution < -0.4 is 5.32 Å². The van der Waals surface area contributed by atoms with E-state index in [4.69, 9.17) is 0 Å². The second-order valence-electron chi connectivity index (χ2n) is 10.4. The van der Waals surface area contributed by atoms with Gasteiger partial charge in [-0.15, -0.1) is 0 Å². The van der Waals surface area contributed by atoms with Crippen LogP contribution in [0.5, 0.6) is 0 Å². The molecule has 0 radical (unpaired) electrons.